The third kappa shape index (κ3) is 4.48. The van der Waals surface area contributed by atoms with Crippen molar-refractivity contribution in [2.24, 2.45) is 0 Å². The summed E-state index contributed by atoms with van der Waals surface area (Å²) < 4.78 is 4.84. The number of anilines is 1. The number of carbonyl (C=O) groups excluding carboxylic acids is 2. The normalized spacial score (nSPS) is 18.1. The highest BCUT2D eigenvalue weighted by Gasteiger charge is 2.34. The molecule has 0 spiro atoms. The highest BCUT2D eigenvalue weighted by atomic mass is 16.5. The molecule has 1 aromatic rings. The Kier molecular flexibility index (Phi) is 6.47. The number of benzene rings is 1. The maximum Gasteiger partial charge on any atom is 0.337 e. The zero-order chi connectivity index (χ0) is 19.2. The van der Waals surface area contributed by atoms with E-state index >= 15 is 0 Å². The summed E-state index contributed by atoms with van der Waals surface area (Å²) in [4.78, 5) is 28.7. The molecule has 7 nitrogen and oxygen atoms in total. The molecule has 2 N–H and O–H groups in total. The van der Waals surface area contributed by atoms with Gasteiger partial charge in [0.05, 0.1) is 25.8 Å². The summed E-state index contributed by atoms with van der Waals surface area (Å²) in [6, 6.07) is 7.85. The van der Waals surface area contributed by atoms with Crippen molar-refractivity contribution >= 4 is 17.6 Å². The van der Waals surface area contributed by atoms with E-state index in [9.17, 15) is 14.7 Å². The van der Waals surface area contributed by atoms with Crippen LogP contribution in [0.5, 0.6) is 0 Å². The van der Waals surface area contributed by atoms with Gasteiger partial charge in [0.15, 0.2) is 0 Å². The van der Waals surface area contributed by atoms with Crippen molar-refractivity contribution in [1.29, 1.82) is 0 Å². The second kappa shape index (κ2) is 9.01. The minimum Gasteiger partial charge on any atom is -0.466 e. The van der Waals surface area contributed by atoms with Gasteiger partial charge in [0.1, 0.15) is 5.70 Å². The van der Waals surface area contributed by atoms with Crippen LogP contribution in [0.2, 0.25) is 0 Å². The molecule has 2 aliphatic rings. The van der Waals surface area contributed by atoms with E-state index in [0.29, 0.717) is 5.57 Å². The van der Waals surface area contributed by atoms with Crippen molar-refractivity contribution < 1.29 is 19.4 Å². The van der Waals surface area contributed by atoms with Crippen molar-refractivity contribution in [3.63, 3.8) is 0 Å². The van der Waals surface area contributed by atoms with Crippen LogP contribution in [0.15, 0.2) is 35.5 Å². The first kappa shape index (κ1) is 19.4. The first-order valence-corrected chi connectivity index (χ1v) is 9.43. The topological polar surface area (TPSA) is 82.1 Å². The van der Waals surface area contributed by atoms with Gasteiger partial charge in [-0.05, 0) is 37.6 Å². The lowest BCUT2D eigenvalue weighted by Gasteiger charge is -2.27. The summed E-state index contributed by atoms with van der Waals surface area (Å²) >= 11 is 0. The Morgan fingerprint density at radius 2 is 1.96 bits per heavy atom. The van der Waals surface area contributed by atoms with Crippen LogP contribution in [0, 0.1) is 0 Å². The third-order valence-electron chi connectivity index (χ3n) is 5.07. The molecule has 0 aromatic heterocycles. The molecule has 146 valence electrons. The molecule has 7 heteroatoms. The number of esters is 1. The molecule has 1 amide bonds. The Bertz CT molecular complexity index is 726. The summed E-state index contributed by atoms with van der Waals surface area (Å²) in [5.74, 6) is -0.822. The quantitative estimate of drug-likeness (QED) is 0.702. The number of aliphatic hydroxyl groups excluding tert-OH is 1. The molecule has 3 rings (SSSR count). The van der Waals surface area contributed by atoms with E-state index in [1.807, 2.05) is 24.3 Å². The summed E-state index contributed by atoms with van der Waals surface area (Å²) in [5.41, 5.74) is 2.44. The summed E-state index contributed by atoms with van der Waals surface area (Å²) in [6.07, 6.45) is 3.70. The van der Waals surface area contributed by atoms with Crippen LogP contribution in [0.3, 0.4) is 0 Å². The van der Waals surface area contributed by atoms with Crippen LogP contribution in [0.25, 0.3) is 0 Å². The zero-order valence-corrected chi connectivity index (χ0v) is 15.7. The van der Waals surface area contributed by atoms with Gasteiger partial charge in [0.2, 0.25) is 0 Å². The number of ether oxygens (including phenoxy) is 1. The number of β-amino-alcohol motifs (C(OH)–C–C–N with tert-alkyl or cyclic N) is 1. The van der Waals surface area contributed by atoms with Gasteiger partial charge in [-0.1, -0.05) is 24.6 Å². The smallest absolute Gasteiger partial charge is 0.337 e. The highest BCUT2D eigenvalue weighted by Crippen LogP contribution is 2.26. The number of para-hydroxylation sites is 1. The van der Waals surface area contributed by atoms with Crippen LogP contribution in [0.1, 0.15) is 24.8 Å². The van der Waals surface area contributed by atoms with Gasteiger partial charge < -0.3 is 20.1 Å². The van der Waals surface area contributed by atoms with Gasteiger partial charge in [-0.25, -0.2) is 4.79 Å². The minimum atomic E-state index is -0.528. The number of nitrogens with one attached hydrogen (secondary N) is 1. The molecule has 27 heavy (non-hydrogen) atoms. The molecule has 0 unspecified atom stereocenters. The van der Waals surface area contributed by atoms with E-state index in [2.05, 4.69) is 10.2 Å². The number of carbonyl (C=O) groups is 2. The molecule has 2 heterocycles. The van der Waals surface area contributed by atoms with Crippen molar-refractivity contribution in [3.05, 3.63) is 41.1 Å². The Hall–Kier alpha value is -2.38. The second-order valence-corrected chi connectivity index (χ2v) is 6.91. The number of piperidine rings is 1. The SMILES string of the molecule is COC(=O)C1=C(Nc2ccccc2CN2CCCCC2)C(=O)N(CCO)C1. The first-order chi connectivity index (χ1) is 13.1. The minimum absolute atomic E-state index is 0.142. The number of hydrogen-bond acceptors (Lipinski definition) is 6. The van der Waals surface area contributed by atoms with E-state index in [4.69, 9.17) is 4.74 Å². The fourth-order valence-electron chi connectivity index (χ4n) is 3.62. The monoisotopic (exact) mass is 373 g/mol. The molecular formula is C20H27N3O4. The number of amides is 1. The summed E-state index contributed by atoms with van der Waals surface area (Å²) in [5, 5.41) is 12.4. The number of likely N-dealkylation sites (tertiary alicyclic amines) is 1. The molecule has 1 saturated heterocycles. The first-order valence-electron chi connectivity index (χ1n) is 9.43. The van der Waals surface area contributed by atoms with Gasteiger partial charge in [0.25, 0.3) is 5.91 Å². The van der Waals surface area contributed by atoms with Crippen molar-refractivity contribution in [2.45, 2.75) is 25.8 Å². The second-order valence-electron chi connectivity index (χ2n) is 6.91. The maximum absolute atomic E-state index is 12.7. The van der Waals surface area contributed by atoms with Crippen LogP contribution >= 0.6 is 0 Å². The molecule has 0 atom stereocenters. The average Bonchev–Trinajstić information content (AvgIpc) is 3.00. The molecule has 1 aromatic carbocycles. The van der Waals surface area contributed by atoms with Gasteiger partial charge in [-0.3, -0.25) is 9.69 Å². The largest absolute Gasteiger partial charge is 0.466 e. The van der Waals surface area contributed by atoms with Crippen molar-refractivity contribution in [3.8, 4) is 0 Å². The van der Waals surface area contributed by atoms with Crippen LogP contribution in [0.4, 0.5) is 5.69 Å². The molecule has 0 aliphatic carbocycles. The lowest BCUT2D eigenvalue weighted by molar-refractivity contribution is -0.136. The Balaban J connectivity index is 1.83. The molecule has 1 fully saturated rings. The molecular weight excluding hydrogens is 346 g/mol. The van der Waals surface area contributed by atoms with E-state index in [1.165, 1.54) is 31.3 Å². The number of aliphatic hydroxyl groups is 1. The highest BCUT2D eigenvalue weighted by molar-refractivity contribution is 6.08. The number of rotatable bonds is 7. The predicted octanol–water partition coefficient (Wildman–Crippen LogP) is 1.35. The third-order valence-corrected chi connectivity index (χ3v) is 5.07. The standard InChI is InChI=1S/C20H27N3O4/c1-27-20(26)16-14-23(11-12-24)19(25)18(16)21-17-8-4-3-7-15(17)13-22-9-5-2-6-10-22/h3-4,7-8,21,24H,2,5-6,9-14H2,1H3. The molecule has 0 bridgehead atoms. The van der Waals surface area contributed by atoms with E-state index in [0.717, 1.165) is 30.9 Å². The van der Waals surface area contributed by atoms with E-state index in [1.54, 1.807) is 0 Å². The van der Waals surface area contributed by atoms with Crippen LogP contribution in [-0.2, 0) is 20.9 Å². The summed E-state index contributed by atoms with van der Waals surface area (Å²) in [6.45, 7) is 3.13. The van der Waals surface area contributed by atoms with Crippen LogP contribution in [-0.4, -0.2) is 66.7 Å². The van der Waals surface area contributed by atoms with Crippen molar-refractivity contribution in [2.75, 3.05) is 45.2 Å². The number of nitrogens with zero attached hydrogens (tertiary/aromatic N) is 2. The fourth-order valence-corrected chi connectivity index (χ4v) is 3.62. The fraction of sp³-hybridized carbons (Fsp3) is 0.500. The van der Waals surface area contributed by atoms with E-state index in [-0.39, 0.29) is 31.3 Å². The van der Waals surface area contributed by atoms with Gasteiger partial charge in [0, 0.05) is 18.8 Å². The zero-order valence-electron chi connectivity index (χ0n) is 15.7. The van der Waals surface area contributed by atoms with Gasteiger partial charge >= 0.3 is 5.97 Å². The van der Waals surface area contributed by atoms with Crippen molar-refractivity contribution in [1.82, 2.24) is 9.80 Å². The Morgan fingerprint density at radius 1 is 1.22 bits per heavy atom. The molecule has 0 saturated carbocycles. The number of methoxy groups -OCH3 is 1. The van der Waals surface area contributed by atoms with Crippen LogP contribution < -0.4 is 5.32 Å². The molecule has 0 radical (unpaired) electrons. The Labute approximate surface area is 159 Å². The number of hydrogen-bond donors (Lipinski definition) is 2. The Morgan fingerprint density at radius 3 is 2.67 bits per heavy atom. The maximum atomic E-state index is 12.7. The lowest BCUT2D eigenvalue weighted by atomic mass is 10.1. The predicted molar refractivity (Wildman–Crippen MR) is 102 cm³/mol. The van der Waals surface area contributed by atoms with Gasteiger partial charge in [-0.2, -0.15) is 0 Å². The average molecular weight is 373 g/mol. The van der Waals surface area contributed by atoms with Gasteiger partial charge in [-0.15, -0.1) is 0 Å². The lowest BCUT2D eigenvalue weighted by Crippen LogP contribution is -2.31. The van der Waals surface area contributed by atoms with E-state index < -0.39 is 5.97 Å². The molecule has 2 aliphatic heterocycles. The summed E-state index contributed by atoms with van der Waals surface area (Å²) in [7, 11) is 1.30.